The number of rotatable bonds is 2. The van der Waals surface area contributed by atoms with Crippen LogP contribution in [0.5, 0.6) is 0 Å². The lowest BCUT2D eigenvalue weighted by Crippen LogP contribution is -2.19. The highest BCUT2D eigenvalue weighted by molar-refractivity contribution is 5.93. The number of nitrogens with one attached hydrogen (secondary N) is 1. The van der Waals surface area contributed by atoms with Gasteiger partial charge in [0.2, 0.25) is 0 Å². The number of hydrogen-bond donors (Lipinski definition) is 1. The van der Waals surface area contributed by atoms with E-state index >= 15 is 0 Å². The molecular weight excluding hydrogens is 256 g/mol. The van der Waals surface area contributed by atoms with E-state index in [1.165, 1.54) is 27.8 Å². The first kappa shape index (κ1) is 12.4. The van der Waals surface area contributed by atoms with Gasteiger partial charge in [0.05, 0.1) is 5.52 Å². The summed E-state index contributed by atoms with van der Waals surface area (Å²) >= 11 is 0. The van der Waals surface area contributed by atoms with E-state index in [9.17, 15) is 0 Å². The number of benzene rings is 2. The second kappa shape index (κ2) is 4.88. The van der Waals surface area contributed by atoms with E-state index in [4.69, 9.17) is 0 Å². The van der Waals surface area contributed by atoms with E-state index in [1.807, 2.05) is 12.3 Å². The van der Waals surface area contributed by atoms with Crippen molar-refractivity contribution in [2.75, 3.05) is 5.32 Å². The maximum Gasteiger partial charge on any atom is 0.0751 e. The van der Waals surface area contributed by atoms with E-state index in [-0.39, 0.29) is 0 Å². The summed E-state index contributed by atoms with van der Waals surface area (Å²) in [6, 6.07) is 17.7. The van der Waals surface area contributed by atoms with Crippen LogP contribution in [0.1, 0.15) is 16.7 Å². The highest BCUT2D eigenvalue weighted by Crippen LogP contribution is 2.29. The van der Waals surface area contributed by atoms with Gasteiger partial charge in [-0.1, -0.05) is 30.3 Å². The van der Waals surface area contributed by atoms with E-state index in [0.717, 1.165) is 18.4 Å². The van der Waals surface area contributed by atoms with Crippen LogP contribution in [0.2, 0.25) is 0 Å². The predicted molar refractivity (Wildman–Crippen MR) is 87.7 cm³/mol. The van der Waals surface area contributed by atoms with Crippen LogP contribution in [0, 0.1) is 6.92 Å². The van der Waals surface area contributed by atoms with Crippen LogP contribution in [0.3, 0.4) is 0 Å². The normalized spacial score (nSPS) is 14.3. The van der Waals surface area contributed by atoms with Crippen molar-refractivity contribution in [2.24, 2.45) is 0 Å². The summed E-state index contributed by atoms with van der Waals surface area (Å²) in [5.41, 5.74) is 6.47. The lowest BCUT2D eigenvalue weighted by atomic mass is 10.1. The van der Waals surface area contributed by atoms with Crippen LogP contribution < -0.4 is 5.32 Å². The molecule has 1 aliphatic carbocycles. The Morgan fingerprint density at radius 3 is 2.48 bits per heavy atom. The van der Waals surface area contributed by atoms with Crippen LogP contribution in [0.15, 0.2) is 54.7 Å². The molecule has 0 amide bonds. The molecule has 0 unspecified atom stereocenters. The van der Waals surface area contributed by atoms with Crippen LogP contribution in [-0.2, 0) is 12.8 Å². The van der Waals surface area contributed by atoms with Crippen molar-refractivity contribution in [3.63, 3.8) is 0 Å². The van der Waals surface area contributed by atoms with Gasteiger partial charge in [0.25, 0.3) is 0 Å². The third kappa shape index (κ3) is 2.17. The molecule has 1 heterocycles. The van der Waals surface area contributed by atoms with Crippen molar-refractivity contribution in [3.05, 3.63) is 71.4 Å². The van der Waals surface area contributed by atoms with Crippen molar-refractivity contribution in [2.45, 2.75) is 25.8 Å². The van der Waals surface area contributed by atoms with Gasteiger partial charge in [-0.3, -0.25) is 4.98 Å². The first-order valence-electron chi connectivity index (χ1n) is 7.49. The third-order valence-electron chi connectivity index (χ3n) is 4.38. The summed E-state index contributed by atoms with van der Waals surface area (Å²) in [4.78, 5) is 4.52. The molecule has 0 bridgehead atoms. The van der Waals surface area contributed by atoms with Crippen LogP contribution in [0.4, 0.5) is 5.69 Å². The fourth-order valence-corrected chi connectivity index (χ4v) is 3.32. The van der Waals surface area contributed by atoms with E-state index in [2.05, 4.69) is 59.7 Å². The Balaban J connectivity index is 1.66. The molecule has 3 aromatic rings. The smallest absolute Gasteiger partial charge is 0.0751 e. The van der Waals surface area contributed by atoms with Gasteiger partial charge in [-0.15, -0.1) is 0 Å². The maximum absolute atomic E-state index is 4.52. The van der Waals surface area contributed by atoms with Gasteiger partial charge in [0.1, 0.15) is 0 Å². The first-order valence-corrected chi connectivity index (χ1v) is 7.49. The number of fused-ring (bicyclic) bond motifs is 2. The molecule has 0 saturated heterocycles. The molecule has 0 radical (unpaired) electrons. The minimum atomic E-state index is 0.480. The van der Waals surface area contributed by atoms with Gasteiger partial charge in [-0.25, -0.2) is 0 Å². The Bertz CT molecular complexity index is 783. The largest absolute Gasteiger partial charge is 0.381 e. The molecule has 4 rings (SSSR count). The third-order valence-corrected chi connectivity index (χ3v) is 4.38. The fourth-order valence-electron chi connectivity index (χ4n) is 3.32. The minimum absolute atomic E-state index is 0.480. The summed E-state index contributed by atoms with van der Waals surface area (Å²) < 4.78 is 0. The Hall–Kier alpha value is -2.35. The van der Waals surface area contributed by atoms with Gasteiger partial charge in [-0.2, -0.15) is 0 Å². The molecule has 1 aromatic heterocycles. The average Bonchev–Trinajstić information content (AvgIpc) is 2.93. The van der Waals surface area contributed by atoms with Crippen molar-refractivity contribution >= 4 is 16.6 Å². The maximum atomic E-state index is 4.52. The number of aromatic nitrogens is 1. The van der Waals surface area contributed by atoms with E-state index < -0.39 is 0 Å². The van der Waals surface area contributed by atoms with Gasteiger partial charge in [0, 0.05) is 23.3 Å². The minimum Gasteiger partial charge on any atom is -0.381 e. The molecule has 0 aliphatic heterocycles. The van der Waals surface area contributed by atoms with Gasteiger partial charge in [-0.05, 0) is 54.7 Å². The molecule has 2 nitrogen and oxygen atoms in total. The lowest BCUT2D eigenvalue weighted by Gasteiger charge is -2.16. The highest BCUT2D eigenvalue weighted by atomic mass is 14.9. The second-order valence-corrected chi connectivity index (χ2v) is 5.85. The van der Waals surface area contributed by atoms with Gasteiger partial charge < -0.3 is 5.32 Å². The van der Waals surface area contributed by atoms with Crippen LogP contribution >= 0.6 is 0 Å². The first-order chi connectivity index (χ1) is 10.3. The summed E-state index contributed by atoms with van der Waals surface area (Å²) in [5, 5.41) is 4.93. The Morgan fingerprint density at radius 1 is 0.952 bits per heavy atom. The number of anilines is 1. The molecule has 2 aromatic carbocycles. The molecule has 0 fully saturated rings. The Kier molecular flexibility index (Phi) is 2.88. The molecule has 2 heteroatoms. The molecule has 0 saturated carbocycles. The monoisotopic (exact) mass is 274 g/mol. The summed E-state index contributed by atoms with van der Waals surface area (Å²) in [5.74, 6) is 0. The van der Waals surface area contributed by atoms with Crippen molar-refractivity contribution in [1.29, 1.82) is 0 Å². The van der Waals surface area contributed by atoms with Crippen LogP contribution in [0.25, 0.3) is 10.9 Å². The zero-order valence-electron chi connectivity index (χ0n) is 12.1. The van der Waals surface area contributed by atoms with Gasteiger partial charge in [0.15, 0.2) is 0 Å². The van der Waals surface area contributed by atoms with E-state index in [1.54, 1.807) is 0 Å². The molecule has 0 atom stereocenters. The lowest BCUT2D eigenvalue weighted by molar-refractivity contribution is 0.775. The van der Waals surface area contributed by atoms with Gasteiger partial charge >= 0.3 is 0 Å². The SMILES string of the molecule is Cc1ccc(NC2Cc3ccccc3C2)c2cccnc12. The number of pyridine rings is 1. The Labute approximate surface area is 124 Å². The second-order valence-electron chi connectivity index (χ2n) is 5.85. The quantitative estimate of drug-likeness (QED) is 0.760. The zero-order valence-corrected chi connectivity index (χ0v) is 12.1. The van der Waals surface area contributed by atoms with Crippen LogP contribution in [-0.4, -0.2) is 11.0 Å². The number of nitrogens with zero attached hydrogens (tertiary/aromatic N) is 1. The average molecular weight is 274 g/mol. The summed E-state index contributed by atoms with van der Waals surface area (Å²) in [6.07, 6.45) is 4.07. The molecule has 104 valence electrons. The molecule has 0 spiro atoms. The topological polar surface area (TPSA) is 24.9 Å². The van der Waals surface area contributed by atoms with Crippen molar-refractivity contribution < 1.29 is 0 Å². The number of hydrogen-bond acceptors (Lipinski definition) is 2. The number of aryl methyl sites for hydroxylation is 1. The van der Waals surface area contributed by atoms with E-state index in [0.29, 0.717) is 6.04 Å². The Morgan fingerprint density at radius 2 is 1.71 bits per heavy atom. The molecule has 21 heavy (non-hydrogen) atoms. The summed E-state index contributed by atoms with van der Waals surface area (Å²) in [6.45, 7) is 2.12. The van der Waals surface area contributed by atoms with Crippen molar-refractivity contribution in [3.8, 4) is 0 Å². The predicted octanol–water partition coefficient (Wildman–Crippen LogP) is 4.12. The zero-order chi connectivity index (χ0) is 14.2. The highest BCUT2D eigenvalue weighted by Gasteiger charge is 2.21. The molecular formula is C19H18N2. The molecule has 1 aliphatic rings. The fraction of sp³-hybridized carbons (Fsp3) is 0.211. The molecule has 1 N–H and O–H groups in total. The van der Waals surface area contributed by atoms with Crippen molar-refractivity contribution in [1.82, 2.24) is 4.98 Å². The summed E-state index contributed by atoms with van der Waals surface area (Å²) in [7, 11) is 0. The standard InChI is InChI=1S/C19H18N2/c1-13-8-9-18(17-7-4-10-20-19(13)17)21-16-11-14-5-2-3-6-15(14)12-16/h2-10,16,21H,11-12H2,1H3.